The minimum absolute atomic E-state index is 0.155. The van der Waals surface area contributed by atoms with Crippen molar-refractivity contribution in [2.24, 2.45) is 5.73 Å². The second-order valence-electron chi connectivity index (χ2n) is 5.49. The van der Waals surface area contributed by atoms with Gasteiger partial charge in [0.15, 0.2) is 0 Å². The third-order valence-electron chi connectivity index (χ3n) is 4.15. The van der Waals surface area contributed by atoms with E-state index in [9.17, 15) is 4.79 Å². The quantitative estimate of drug-likeness (QED) is 0.722. The second-order valence-corrected chi connectivity index (χ2v) is 5.49. The molecule has 100 valence electrons. The lowest BCUT2D eigenvalue weighted by molar-refractivity contribution is -0.140. The Kier molecular flexibility index (Phi) is 4.26. The molecule has 0 unspecified atom stereocenters. The van der Waals surface area contributed by atoms with E-state index in [1.807, 2.05) is 4.90 Å². The monoisotopic (exact) mass is 249 g/mol. The fourth-order valence-corrected chi connectivity index (χ4v) is 2.95. The number of piperazine rings is 1. The van der Waals surface area contributed by atoms with Gasteiger partial charge in [-0.2, -0.15) is 0 Å². The maximum absolute atomic E-state index is 12.5. The lowest BCUT2D eigenvalue weighted by Crippen LogP contribution is -2.60. The van der Waals surface area contributed by atoms with Gasteiger partial charge in [0.05, 0.1) is 12.1 Å². The first-order chi connectivity index (χ1) is 8.65. The van der Waals surface area contributed by atoms with E-state index in [2.05, 4.69) is 10.8 Å². The van der Waals surface area contributed by atoms with Crippen molar-refractivity contribution in [3.8, 4) is 12.3 Å². The standard InChI is InChI=1S/C14H23N3O/c1-2-8-16-9-11-17(12-10-16)13(18)14(15)6-4-3-5-7-14/h1H,3-12,15H2. The molecule has 0 spiro atoms. The van der Waals surface area contributed by atoms with Gasteiger partial charge in [0.25, 0.3) is 0 Å². The molecule has 1 heterocycles. The minimum Gasteiger partial charge on any atom is -0.339 e. The van der Waals surface area contributed by atoms with Gasteiger partial charge in [-0.3, -0.25) is 9.69 Å². The highest BCUT2D eigenvalue weighted by atomic mass is 16.2. The van der Waals surface area contributed by atoms with Gasteiger partial charge in [-0.25, -0.2) is 0 Å². The van der Waals surface area contributed by atoms with Crippen LogP contribution in [0.4, 0.5) is 0 Å². The number of nitrogens with zero attached hydrogens (tertiary/aromatic N) is 2. The van der Waals surface area contributed by atoms with E-state index in [4.69, 9.17) is 12.2 Å². The predicted molar refractivity (Wildman–Crippen MR) is 71.9 cm³/mol. The Labute approximate surface area is 109 Å². The maximum Gasteiger partial charge on any atom is 0.242 e. The number of rotatable bonds is 2. The Morgan fingerprint density at radius 3 is 2.33 bits per heavy atom. The molecule has 1 amide bonds. The number of nitrogens with two attached hydrogens (primary N) is 1. The van der Waals surface area contributed by atoms with Crippen molar-refractivity contribution < 1.29 is 4.79 Å². The maximum atomic E-state index is 12.5. The van der Waals surface area contributed by atoms with Crippen LogP contribution < -0.4 is 5.73 Å². The molecule has 0 aromatic rings. The van der Waals surface area contributed by atoms with Crippen molar-refractivity contribution in [2.45, 2.75) is 37.6 Å². The van der Waals surface area contributed by atoms with E-state index in [-0.39, 0.29) is 5.91 Å². The molecular formula is C14H23N3O. The van der Waals surface area contributed by atoms with Gasteiger partial charge in [-0.1, -0.05) is 25.2 Å². The molecule has 2 aliphatic rings. The van der Waals surface area contributed by atoms with Crippen LogP contribution in [-0.4, -0.2) is 54.0 Å². The highest BCUT2D eigenvalue weighted by Crippen LogP contribution is 2.28. The van der Waals surface area contributed by atoms with E-state index in [1.54, 1.807) is 0 Å². The van der Waals surface area contributed by atoms with Crippen molar-refractivity contribution in [1.29, 1.82) is 0 Å². The third kappa shape index (κ3) is 2.85. The summed E-state index contributed by atoms with van der Waals surface area (Å²) in [5.74, 6) is 2.81. The summed E-state index contributed by atoms with van der Waals surface area (Å²) < 4.78 is 0. The Balaban J connectivity index is 1.89. The van der Waals surface area contributed by atoms with Crippen LogP contribution >= 0.6 is 0 Å². The summed E-state index contributed by atoms with van der Waals surface area (Å²) in [5, 5.41) is 0. The zero-order valence-corrected chi connectivity index (χ0v) is 11.0. The molecule has 0 aromatic carbocycles. The second kappa shape index (κ2) is 5.73. The molecule has 1 saturated heterocycles. The summed E-state index contributed by atoms with van der Waals surface area (Å²) in [4.78, 5) is 16.6. The summed E-state index contributed by atoms with van der Waals surface area (Å²) >= 11 is 0. The Bertz CT molecular complexity index is 333. The average Bonchev–Trinajstić information content (AvgIpc) is 2.40. The molecule has 1 aliphatic heterocycles. The number of hydrogen-bond acceptors (Lipinski definition) is 3. The van der Waals surface area contributed by atoms with Gasteiger partial charge < -0.3 is 10.6 Å². The van der Waals surface area contributed by atoms with Crippen LogP contribution in [0, 0.1) is 12.3 Å². The number of carbonyl (C=O) groups is 1. The van der Waals surface area contributed by atoms with Crippen molar-refractivity contribution in [1.82, 2.24) is 9.80 Å². The van der Waals surface area contributed by atoms with E-state index >= 15 is 0 Å². The number of amides is 1. The lowest BCUT2D eigenvalue weighted by Gasteiger charge is -2.40. The molecule has 4 heteroatoms. The number of terminal acetylenes is 1. The SMILES string of the molecule is C#CCN1CCN(C(=O)C2(N)CCCCC2)CC1. The van der Waals surface area contributed by atoms with Crippen LogP contribution in [0.25, 0.3) is 0 Å². The smallest absolute Gasteiger partial charge is 0.242 e. The number of carbonyl (C=O) groups excluding carboxylic acids is 1. The summed E-state index contributed by atoms with van der Waals surface area (Å²) in [7, 11) is 0. The normalized spacial score (nSPS) is 24.6. The number of hydrogen-bond donors (Lipinski definition) is 1. The third-order valence-corrected chi connectivity index (χ3v) is 4.15. The van der Waals surface area contributed by atoms with Crippen LogP contribution in [0.3, 0.4) is 0 Å². The van der Waals surface area contributed by atoms with Gasteiger partial charge in [-0.15, -0.1) is 6.42 Å². The van der Waals surface area contributed by atoms with E-state index in [0.29, 0.717) is 6.54 Å². The van der Waals surface area contributed by atoms with Crippen molar-refractivity contribution in [3.63, 3.8) is 0 Å². The summed E-state index contributed by atoms with van der Waals surface area (Å²) in [6.07, 6.45) is 10.4. The molecule has 1 aliphatic carbocycles. The summed E-state index contributed by atoms with van der Waals surface area (Å²) in [6, 6.07) is 0. The van der Waals surface area contributed by atoms with Gasteiger partial charge in [-0.05, 0) is 12.8 Å². The molecule has 0 bridgehead atoms. The molecule has 0 aromatic heterocycles. The fraction of sp³-hybridized carbons (Fsp3) is 0.786. The van der Waals surface area contributed by atoms with Crippen LogP contribution in [0.1, 0.15) is 32.1 Å². The first-order valence-electron chi connectivity index (χ1n) is 6.90. The molecule has 2 rings (SSSR count). The van der Waals surface area contributed by atoms with Crippen LogP contribution in [0.15, 0.2) is 0 Å². The van der Waals surface area contributed by atoms with Crippen molar-refractivity contribution in [2.75, 3.05) is 32.7 Å². The highest BCUT2D eigenvalue weighted by Gasteiger charge is 2.38. The molecule has 18 heavy (non-hydrogen) atoms. The zero-order valence-electron chi connectivity index (χ0n) is 11.0. The van der Waals surface area contributed by atoms with E-state index in [0.717, 1.165) is 51.9 Å². The first-order valence-corrected chi connectivity index (χ1v) is 6.90. The average molecular weight is 249 g/mol. The van der Waals surface area contributed by atoms with Crippen molar-refractivity contribution in [3.05, 3.63) is 0 Å². The lowest BCUT2D eigenvalue weighted by atomic mass is 9.81. The van der Waals surface area contributed by atoms with Gasteiger partial charge in [0.1, 0.15) is 0 Å². The van der Waals surface area contributed by atoms with Crippen molar-refractivity contribution >= 4 is 5.91 Å². The topological polar surface area (TPSA) is 49.6 Å². The summed E-state index contributed by atoms with van der Waals surface area (Å²) in [5.41, 5.74) is 5.70. The fourth-order valence-electron chi connectivity index (χ4n) is 2.95. The molecule has 2 fully saturated rings. The van der Waals surface area contributed by atoms with Crippen LogP contribution in [0.5, 0.6) is 0 Å². The van der Waals surface area contributed by atoms with Gasteiger partial charge >= 0.3 is 0 Å². The first kappa shape index (κ1) is 13.4. The van der Waals surface area contributed by atoms with E-state index in [1.165, 1.54) is 6.42 Å². The molecule has 1 saturated carbocycles. The predicted octanol–water partition coefficient (Wildman–Crippen LogP) is 0.425. The summed E-state index contributed by atoms with van der Waals surface area (Å²) in [6.45, 7) is 3.94. The molecular weight excluding hydrogens is 226 g/mol. The largest absolute Gasteiger partial charge is 0.339 e. The zero-order chi connectivity index (χ0) is 13.0. The Morgan fingerprint density at radius 1 is 1.17 bits per heavy atom. The molecule has 4 nitrogen and oxygen atoms in total. The molecule has 2 N–H and O–H groups in total. The Hall–Kier alpha value is -1.05. The van der Waals surface area contributed by atoms with Gasteiger partial charge in [0, 0.05) is 26.2 Å². The molecule has 0 radical (unpaired) electrons. The Morgan fingerprint density at radius 2 is 1.78 bits per heavy atom. The van der Waals surface area contributed by atoms with Crippen LogP contribution in [0.2, 0.25) is 0 Å². The van der Waals surface area contributed by atoms with E-state index < -0.39 is 5.54 Å². The van der Waals surface area contributed by atoms with Gasteiger partial charge in [0.2, 0.25) is 5.91 Å². The molecule has 0 atom stereocenters. The van der Waals surface area contributed by atoms with Crippen LogP contribution in [-0.2, 0) is 4.79 Å². The highest BCUT2D eigenvalue weighted by molar-refractivity contribution is 5.86. The minimum atomic E-state index is -0.591.